The summed E-state index contributed by atoms with van der Waals surface area (Å²) in [6, 6.07) is 13.5. The molecule has 1 spiro atoms. The first-order chi connectivity index (χ1) is 13.6. The van der Waals surface area contributed by atoms with Crippen molar-refractivity contribution in [2.45, 2.75) is 5.41 Å². The third-order valence-electron chi connectivity index (χ3n) is 5.64. The summed E-state index contributed by atoms with van der Waals surface area (Å²) in [5, 5.41) is 1.36. The van der Waals surface area contributed by atoms with Crippen molar-refractivity contribution in [3.63, 3.8) is 0 Å². The number of hydrogen-bond acceptors (Lipinski definition) is 4. The van der Waals surface area contributed by atoms with Gasteiger partial charge in [-0.1, -0.05) is 38.3 Å². The van der Waals surface area contributed by atoms with Crippen molar-refractivity contribution in [3.05, 3.63) is 66.2 Å². The minimum Gasteiger partial charge on any atom is -0.379 e. The predicted octanol–water partition coefficient (Wildman–Crippen LogP) is 4.07. The Hall–Kier alpha value is -2.36. The van der Waals surface area contributed by atoms with Crippen LogP contribution in [0.1, 0.15) is 5.56 Å². The lowest BCUT2D eigenvalue weighted by Gasteiger charge is -2.38. The Balaban J connectivity index is 1.54. The zero-order valence-electron chi connectivity index (χ0n) is 15.9. The van der Waals surface area contributed by atoms with Gasteiger partial charge in [-0.2, -0.15) is 0 Å². The molecule has 0 amide bonds. The molecule has 1 fully saturated rings. The Labute approximate surface area is 165 Å². The van der Waals surface area contributed by atoms with Gasteiger partial charge in [-0.25, -0.2) is 14.4 Å². The molecule has 5 rings (SSSR count). The molecule has 6 heteroatoms. The van der Waals surface area contributed by atoms with Crippen LogP contribution in [-0.2, 0) is 10.2 Å². The molecule has 0 radical (unpaired) electrons. The van der Waals surface area contributed by atoms with Gasteiger partial charge in [0.05, 0.1) is 18.6 Å². The second kappa shape index (κ2) is 6.61. The van der Waals surface area contributed by atoms with E-state index in [0.29, 0.717) is 17.1 Å². The zero-order valence-corrected chi connectivity index (χ0v) is 16.8. The standard InChI is InChI=1S/C22H21FN3OP/c1-28(2)16-7-8-18-20(9-16)26(12-22(18)13-27-14-22)21-24-10-15(11-25-21)17-5-3-4-6-19(17)23/h3-11H,12-14H2,1-2H3. The van der Waals surface area contributed by atoms with Crippen LogP contribution >= 0.6 is 7.92 Å². The molecule has 0 aliphatic carbocycles. The van der Waals surface area contributed by atoms with E-state index in [4.69, 9.17) is 4.74 Å². The van der Waals surface area contributed by atoms with E-state index in [1.165, 1.54) is 22.6 Å². The summed E-state index contributed by atoms with van der Waals surface area (Å²) in [5.74, 6) is 0.388. The van der Waals surface area contributed by atoms with Crippen LogP contribution in [0.2, 0.25) is 0 Å². The molecule has 2 aliphatic rings. The molecule has 1 saturated heterocycles. The van der Waals surface area contributed by atoms with Crippen LogP contribution in [0.5, 0.6) is 0 Å². The Morgan fingerprint density at radius 2 is 1.82 bits per heavy atom. The molecule has 3 heterocycles. The van der Waals surface area contributed by atoms with E-state index < -0.39 is 0 Å². The number of fused-ring (bicyclic) bond motifs is 2. The molecule has 0 unspecified atom stereocenters. The van der Waals surface area contributed by atoms with E-state index in [-0.39, 0.29) is 19.2 Å². The van der Waals surface area contributed by atoms with Crippen molar-refractivity contribution >= 4 is 24.9 Å². The maximum Gasteiger partial charge on any atom is 0.229 e. The minimum atomic E-state index is -0.264. The molecule has 0 saturated carbocycles. The van der Waals surface area contributed by atoms with Gasteiger partial charge in [0, 0.05) is 35.8 Å². The summed E-state index contributed by atoms with van der Waals surface area (Å²) in [4.78, 5) is 11.4. The van der Waals surface area contributed by atoms with Crippen molar-refractivity contribution in [3.8, 4) is 11.1 Å². The average Bonchev–Trinajstić information content (AvgIpc) is 3.04. The van der Waals surface area contributed by atoms with Crippen molar-refractivity contribution in [2.24, 2.45) is 0 Å². The summed E-state index contributed by atoms with van der Waals surface area (Å²) in [6.45, 7) is 6.80. The third-order valence-corrected chi connectivity index (χ3v) is 6.95. The van der Waals surface area contributed by atoms with Crippen LogP contribution in [0.4, 0.5) is 16.0 Å². The fourth-order valence-electron chi connectivity index (χ4n) is 4.01. The van der Waals surface area contributed by atoms with Gasteiger partial charge in [-0.3, -0.25) is 0 Å². The summed E-state index contributed by atoms with van der Waals surface area (Å²) in [5.41, 5.74) is 3.73. The number of nitrogens with zero attached hydrogens (tertiary/aromatic N) is 3. The van der Waals surface area contributed by atoms with Gasteiger partial charge in [0.25, 0.3) is 0 Å². The van der Waals surface area contributed by atoms with E-state index in [1.54, 1.807) is 24.5 Å². The molecule has 0 N–H and O–H groups in total. The van der Waals surface area contributed by atoms with Gasteiger partial charge in [0.15, 0.2) is 0 Å². The molecular weight excluding hydrogens is 372 g/mol. The number of aromatic nitrogens is 2. The van der Waals surface area contributed by atoms with E-state index in [2.05, 4.69) is 46.4 Å². The quantitative estimate of drug-likeness (QED) is 0.629. The number of benzene rings is 2. The topological polar surface area (TPSA) is 38.2 Å². The maximum atomic E-state index is 14.1. The largest absolute Gasteiger partial charge is 0.379 e. The first-order valence-electron chi connectivity index (χ1n) is 9.31. The maximum absolute atomic E-state index is 14.1. The molecule has 0 atom stereocenters. The predicted molar refractivity (Wildman–Crippen MR) is 112 cm³/mol. The van der Waals surface area contributed by atoms with Crippen LogP contribution in [-0.4, -0.2) is 43.1 Å². The number of hydrogen-bond donors (Lipinski definition) is 0. The van der Waals surface area contributed by atoms with Crippen LogP contribution in [0, 0.1) is 5.82 Å². The summed E-state index contributed by atoms with van der Waals surface area (Å²) in [6.07, 6.45) is 3.41. The second-order valence-corrected chi connectivity index (χ2v) is 10.0. The summed E-state index contributed by atoms with van der Waals surface area (Å²) in [7, 11) is -0.187. The highest BCUT2D eigenvalue weighted by Crippen LogP contribution is 2.48. The van der Waals surface area contributed by atoms with Crippen LogP contribution < -0.4 is 10.2 Å². The van der Waals surface area contributed by atoms with Gasteiger partial charge in [0.1, 0.15) is 5.82 Å². The van der Waals surface area contributed by atoms with Crippen molar-refractivity contribution in [2.75, 3.05) is 38.0 Å². The van der Waals surface area contributed by atoms with Gasteiger partial charge in [0.2, 0.25) is 5.95 Å². The number of rotatable bonds is 3. The van der Waals surface area contributed by atoms with E-state index in [9.17, 15) is 4.39 Å². The lowest BCUT2D eigenvalue weighted by atomic mass is 9.81. The number of halogens is 1. The monoisotopic (exact) mass is 393 g/mol. The van der Waals surface area contributed by atoms with Crippen LogP contribution in [0.15, 0.2) is 54.9 Å². The highest BCUT2D eigenvalue weighted by molar-refractivity contribution is 7.64. The van der Waals surface area contributed by atoms with Gasteiger partial charge < -0.3 is 9.64 Å². The van der Waals surface area contributed by atoms with E-state index in [1.807, 2.05) is 6.07 Å². The molecule has 4 nitrogen and oxygen atoms in total. The summed E-state index contributed by atoms with van der Waals surface area (Å²) < 4.78 is 19.6. The molecule has 0 bridgehead atoms. The van der Waals surface area contributed by atoms with Crippen molar-refractivity contribution < 1.29 is 9.13 Å². The highest BCUT2D eigenvalue weighted by Gasteiger charge is 2.49. The lowest BCUT2D eigenvalue weighted by molar-refractivity contribution is -0.0507. The Kier molecular flexibility index (Phi) is 4.18. The fourth-order valence-corrected chi connectivity index (χ4v) is 4.76. The second-order valence-electron chi connectivity index (χ2n) is 7.71. The molecule has 2 aliphatic heterocycles. The molecule has 3 aromatic rings. The fraction of sp³-hybridized carbons (Fsp3) is 0.273. The van der Waals surface area contributed by atoms with Gasteiger partial charge >= 0.3 is 0 Å². The normalized spacial score (nSPS) is 17.1. The van der Waals surface area contributed by atoms with E-state index >= 15 is 0 Å². The van der Waals surface area contributed by atoms with Crippen molar-refractivity contribution in [1.82, 2.24) is 9.97 Å². The van der Waals surface area contributed by atoms with Crippen LogP contribution in [0.25, 0.3) is 11.1 Å². The number of anilines is 2. The Morgan fingerprint density at radius 3 is 2.46 bits per heavy atom. The van der Waals surface area contributed by atoms with Crippen LogP contribution in [0.3, 0.4) is 0 Å². The molecule has 142 valence electrons. The summed E-state index contributed by atoms with van der Waals surface area (Å²) >= 11 is 0. The third kappa shape index (κ3) is 2.73. The molecule has 1 aromatic heterocycles. The first kappa shape index (κ1) is 17.7. The zero-order chi connectivity index (χ0) is 19.3. The lowest BCUT2D eigenvalue weighted by Crippen LogP contribution is -2.49. The average molecular weight is 393 g/mol. The van der Waals surface area contributed by atoms with Gasteiger partial charge in [-0.05, 0) is 36.3 Å². The molecular formula is C22H21FN3OP. The Morgan fingerprint density at radius 1 is 1.07 bits per heavy atom. The Bertz CT molecular complexity index is 1030. The SMILES string of the molecule is CP(C)c1ccc2c(c1)N(c1ncc(-c3ccccc3F)cn1)CC21COC1. The highest BCUT2D eigenvalue weighted by atomic mass is 31.1. The minimum absolute atomic E-state index is 0.0334. The molecule has 2 aromatic carbocycles. The van der Waals surface area contributed by atoms with Crippen molar-refractivity contribution in [1.29, 1.82) is 0 Å². The number of ether oxygens (including phenoxy) is 1. The smallest absolute Gasteiger partial charge is 0.229 e. The first-order valence-corrected chi connectivity index (χ1v) is 11.6. The molecule has 28 heavy (non-hydrogen) atoms. The van der Waals surface area contributed by atoms with E-state index in [0.717, 1.165) is 19.8 Å². The van der Waals surface area contributed by atoms with Gasteiger partial charge in [-0.15, -0.1) is 0 Å².